The fourth-order valence-corrected chi connectivity index (χ4v) is 2.49. The second-order valence-electron chi connectivity index (χ2n) is 4.29. The highest BCUT2D eigenvalue weighted by atomic mass is 35.5. The molecule has 0 aliphatic heterocycles. The van der Waals surface area contributed by atoms with Gasteiger partial charge in [0.25, 0.3) is 0 Å². The first kappa shape index (κ1) is 14.9. The van der Waals surface area contributed by atoms with Crippen LogP contribution in [0.25, 0.3) is 11.4 Å². The predicted octanol–water partition coefficient (Wildman–Crippen LogP) is 4.19. The maximum atomic E-state index is 6.21. The van der Waals surface area contributed by atoms with E-state index < -0.39 is 0 Å². The minimum absolute atomic E-state index is 0.355. The number of H-pyrrole nitrogens is 1. The lowest BCUT2D eigenvalue weighted by atomic mass is 10.2. The van der Waals surface area contributed by atoms with E-state index in [1.165, 1.54) is 4.68 Å². The van der Waals surface area contributed by atoms with Crippen LogP contribution in [0.4, 0.5) is 0 Å². The van der Waals surface area contributed by atoms with Crippen LogP contribution in [0.1, 0.15) is 5.69 Å². The number of hydrogen-bond acceptors (Lipinski definition) is 4. The molecule has 0 bridgehead atoms. The second-order valence-corrected chi connectivity index (χ2v) is 5.52. The zero-order valence-corrected chi connectivity index (χ0v) is 13.4. The smallest absolute Gasteiger partial charge is 0.216 e. The minimum Gasteiger partial charge on any atom is -0.255 e. The molecule has 0 saturated heterocycles. The number of nitrogens with zero attached hydrogens (tertiary/aromatic N) is 4. The Kier molecular flexibility index (Phi) is 4.33. The molecule has 110 valence electrons. The monoisotopic (exact) mass is 349 g/mol. The molecule has 22 heavy (non-hydrogen) atoms. The maximum absolute atomic E-state index is 6.21. The number of aromatic amines is 1. The third-order valence-electron chi connectivity index (χ3n) is 2.82. The van der Waals surface area contributed by atoms with Crippen molar-refractivity contribution in [2.75, 3.05) is 0 Å². The number of pyridine rings is 1. The molecule has 0 radical (unpaired) electrons. The third kappa shape index (κ3) is 3.09. The molecule has 0 aliphatic carbocycles. The Balaban J connectivity index is 2.05. The summed E-state index contributed by atoms with van der Waals surface area (Å²) in [4.78, 5) is 4.17. The van der Waals surface area contributed by atoms with Crippen molar-refractivity contribution in [3.8, 4) is 11.4 Å². The van der Waals surface area contributed by atoms with E-state index in [2.05, 4.69) is 20.3 Å². The summed E-state index contributed by atoms with van der Waals surface area (Å²) in [5.41, 5.74) is 1.38. The minimum atomic E-state index is 0.355. The summed E-state index contributed by atoms with van der Waals surface area (Å²) in [5.74, 6) is 0.499. The molecule has 0 atom stereocenters. The van der Waals surface area contributed by atoms with Gasteiger partial charge in [0.05, 0.1) is 16.9 Å². The number of nitrogens with one attached hydrogen (secondary N) is 1. The highest BCUT2D eigenvalue weighted by Crippen LogP contribution is 2.29. The van der Waals surface area contributed by atoms with Crippen molar-refractivity contribution < 1.29 is 0 Å². The maximum Gasteiger partial charge on any atom is 0.216 e. The van der Waals surface area contributed by atoms with Gasteiger partial charge in [-0.3, -0.25) is 4.98 Å². The summed E-state index contributed by atoms with van der Waals surface area (Å²) in [6.45, 7) is 0. The Hall–Kier alpha value is -2.02. The summed E-state index contributed by atoms with van der Waals surface area (Å²) >= 11 is 17.3. The predicted molar refractivity (Wildman–Crippen MR) is 90.1 cm³/mol. The number of benzene rings is 1. The molecule has 1 N–H and O–H groups in total. The number of hydrogen-bond donors (Lipinski definition) is 1. The average Bonchev–Trinajstić information content (AvgIpc) is 2.87. The van der Waals surface area contributed by atoms with Gasteiger partial charge in [-0.2, -0.15) is 14.9 Å². The van der Waals surface area contributed by atoms with Crippen molar-refractivity contribution in [1.29, 1.82) is 0 Å². The van der Waals surface area contributed by atoms with Gasteiger partial charge in [-0.15, -0.1) is 0 Å². The molecule has 0 spiro atoms. The van der Waals surface area contributed by atoms with Crippen molar-refractivity contribution in [2.24, 2.45) is 5.10 Å². The molecular formula is C14H9Cl2N5S. The first-order valence-electron chi connectivity index (χ1n) is 6.23. The first-order valence-corrected chi connectivity index (χ1v) is 7.40. The molecule has 5 nitrogen and oxygen atoms in total. The first-order chi connectivity index (χ1) is 10.6. The summed E-state index contributed by atoms with van der Waals surface area (Å²) < 4.78 is 1.84. The van der Waals surface area contributed by atoms with Crippen molar-refractivity contribution in [2.45, 2.75) is 0 Å². The summed E-state index contributed by atoms with van der Waals surface area (Å²) in [5, 5.41) is 12.2. The number of halogens is 2. The van der Waals surface area contributed by atoms with E-state index >= 15 is 0 Å². The van der Waals surface area contributed by atoms with E-state index in [0.29, 0.717) is 31.9 Å². The average molecular weight is 350 g/mol. The normalized spacial score (nSPS) is 11.2. The van der Waals surface area contributed by atoms with Gasteiger partial charge in [-0.1, -0.05) is 29.3 Å². The van der Waals surface area contributed by atoms with Crippen molar-refractivity contribution in [3.05, 3.63) is 63.1 Å². The lowest BCUT2D eigenvalue weighted by Gasteiger charge is -2.03. The van der Waals surface area contributed by atoms with Crippen LogP contribution in [0.2, 0.25) is 10.0 Å². The fraction of sp³-hybridized carbons (Fsp3) is 0. The Morgan fingerprint density at radius 1 is 1.23 bits per heavy atom. The van der Waals surface area contributed by atoms with E-state index in [9.17, 15) is 0 Å². The zero-order chi connectivity index (χ0) is 15.5. The van der Waals surface area contributed by atoms with Gasteiger partial charge in [0.15, 0.2) is 5.82 Å². The Labute approximate surface area is 141 Å². The molecule has 2 aromatic heterocycles. The van der Waals surface area contributed by atoms with Gasteiger partial charge in [-0.05, 0) is 42.5 Å². The molecule has 8 heteroatoms. The van der Waals surface area contributed by atoms with Gasteiger partial charge in [0, 0.05) is 16.8 Å². The molecule has 0 aliphatic rings. The quantitative estimate of drug-likeness (QED) is 0.569. The standard InChI is InChI=1S/C14H9Cl2N5S/c15-9-4-5-11(12(16)7-9)13-19-20-14(22)21(13)18-8-10-3-1-2-6-17-10/h1-8H,(H,20,22)/b18-8+. The SMILES string of the molecule is S=c1[nH]nc(-c2ccc(Cl)cc2Cl)n1/N=C/c1ccccn1. The Bertz CT molecular complexity index is 886. The summed E-state index contributed by atoms with van der Waals surface area (Å²) in [6, 6.07) is 10.7. The number of aromatic nitrogens is 4. The van der Waals surface area contributed by atoms with Crippen molar-refractivity contribution in [3.63, 3.8) is 0 Å². The lowest BCUT2D eigenvalue weighted by Crippen LogP contribution is -1.96. The lowest BCUT2D eigenvalue weighted by molar-refractivity contribution is 0.870. The summed E-state index contributed by atoms with van der Waals surface area (Å²) in [6.07, 6.45) is 3.28. The molecule has 0 saturated carbocycles. The van der Waals surface area contributed by atoms with E-state index in [1.54, 1.807) is 30.6 Å². The van der Waals surface area contributed by atoms with E-state index in [1.807, 2.05) is 18.2 Å². The van der Waals surface area contributed by atoms with Crippen LogP contribution >= 0.6 is 35.4 Å². The van der Waals surface area contributed by atoms with Crippen molar-refractivity contribution >= 4 is 41.6 Å². The topological polar surface area (TPSA) is 58.9 Å². The largest absolute Gasteiger partial charge is 0.255 e. The molecule has 0 amide bonds. The van der Waals surface area contributed by atoms with Crippen LogP contribution < -0.4 is 0 Å². The van der Waals surface area contributed by atoms with Gasteiger partial charge in [-0.25, -0.2) is 5.10 Å². The third-order valence-corrected chi connectivity index (χ3v) is 3.63. The van der Waals surface area contributed by atoms with Crippen molar-refractivity contribution in [1.82, 2.24) is 19.9 Å². The molecular weight excluding hydrogens is 341 g/mol. The van der Waals surface area contributed by atoms with Gasteiger partial charge >= 0.3 is 0 Å². The van der Waals surface area contributed by atoms with Gasteiger partial charge in [0.1, 0.15) is 0 Å². The zero-order valence-electron chi connectivity index (χ0n) is 11.1. The highest BCUT2D eigenvalue weighted by molar-refractivity contribution is 7.71. The number of rotatable bonds is 3. The molecule has 2 heterocycles. The van der Waals surface area contributed by atoms with Crippen LogP contribution in [0.3, 0.4) is 0 Å². The van der Waals surface area contributed by atoms with Crippen LogP contribution in [0.15, 0.2) is 47.7 Å². The highest BCUT2D eigenvalue weighted by Gasteiger charge is 2.12. The van der Waals surface area contributed by atoms with E-state index in [4.69, 9.17) is 35.4 Å². The van der Waals surface area contributed by atoms with E-state index in [-0.39, 0.29) is 0 Å². The molecule has 3 aromatic rings. The van der Waals surface area contributed by atoms with Gasteiger partial charge in [0.2, 0.25) is 4.77 Å². The molecule has 0 fully saturated rings. The molecule has 3 rings (SSSR count). The second kappa shape index (κ2) is 6.39. The van der Waals surface area contributed by atoms with Gasteiger partial charge < -0.3 is 0 Å². The fourth-order valence-electron chi connectivity index (χ4n) is 1.81. The van der Waals surface area contributed by atoms with Crippen LogP contribution in [-0.4, -0.2) is 26.1 Å². The summed E-state index contributed by atoms with van der Waals surface area (Å²) in [7, 11) is 0. The Morgan fingerprint density at radius 2 is 2.09 bits per heavy atom. The Morgan fingerprint density at radius 3 is 2.82 bits per heavy atom. The van der Waals surface area contributed by atoms with Crippen LogP contribution in [-0.2, 0) is 0 Å². The molecule has 1 aromatic carbocycles. The van der Waals surface area contributed by atoms with Crippen LogP contribution in [0.5, 0.6) is 0 Å². The van der Waals surface area contributed by atoms with E-state index in [0.717, 1.165) is 0 Å². The molecule has 0 unspecified atom stereocenters. The van der Waals surface area contributed by atoms with Crippen LogP contribution in [0, 0.1) is 4.77 Å².